The highest BCUT2D eigenvalue weighted by atomic mass is 19.4. The summed E-state index contributed by atoms with van der Waals surface area (Å²) < 4.78 is 42.6. The molecule has 1 saturated heterocycles. The molecule has 0 aromatic rings. The van der Waals surface area contributed by atoms with Crippen molar-refractivity contribution in [3.05, 3.63) is 0 Å². The zero-order chi connectivity index (χ0) is 13.2. The quantitative estimate of drug-likeness (QED) is 0.832. The molecule has 1 atom stereocenters. The molecular formula is C12H18F3NO2. The number of halogens is 3. The van der Waals surface area contributed by atoms with Gasteiger partial charge in [0.2, 0.25) is 5.91 Å². The molecule has 1 N–H and O–H groups in total. The van der Waals surface area contributed by atoms with Crippen LogP contribution in [0.1, 0.15) is 38.5 Å². The predicted molar refractivity (Wildman–Crippen MR) is 58.9 cm³/mol. The lowest BCUT2D eigenvalue weighted by atomic mass is 9.85. The van der Waals surface area contributed by atoms with Gasteiger partial charge in [-0.25, -0.2) is 0 Å². The molecule has 2 fully saturated rings. The fourth-order valence-corrected chi connectivity index (χ4v) is 2.64. The second-order valence-electron chi connectivity index (χ2n) is 5.10. The summed E-state index contributed by atoms with van der Waals surface area (Å²) in [7, 11) is 0. The molecule has 1 saturated carbocycles. The second-order valence-corrected chi connectivity index (χ2v) is 5.10. The average molecular weight is 265 g/mol. The van der Waals surface area contributed by atoms with E-state index in [4.69, 9.17) is 4.74 Å². The maximum Gasteiger partial charge on any atom is 0.391 e. The molecular weight excluding hydrogens is 247 g/mol. The summed E-state index contributed by atoms with van der Waals surface area (Å²) in [4.78, 5) is 11.7. The summed E-state index contributed by atoms with van der Waals surface area (Å²) in [5.74, 6) is -1.36. The van der Waals surface area contributed by atoms with Crippen LogP contribution in [0.15, 0.2) is 0 Å². The maximum absolute atomic E-state index is 12.5. The highest BCUT2D eigenvalue weighted by Gasteiger charge is 2.41. The van der Waals surface area contributed by atoms with E-state index in [-0.39, 0.29) is 24.8 Å². The largest absolute Gasteiger partial charge is 0.391 e. The number of carbonyl (C=O) groups is 1. The van der Waals surface area contributed by atoms with Gasteiger partial charge in [0, 0.05) is 12.6 Å². The van der Waals surface area contributed by atoms with Crippen molar-refractivity contribution in [2.45, 2.75) is 56.8 Å². The van der Waals surface area contributed by atoms with Crippen LogP contribution in [0.25, 0.3) is 0 Å². The standard InChI is InChI=1S/C12H18F3NO2/c13-12(14,15)8-3-5-9(6-4-8)16-11(17)10-2-1-7-18-10/h8-10H,1-7H2,(H,16,17)/t8?,9?,10-/m0/s1. The Morgan fingerprint density at radius 3 is 2.28 bits per heavy atom. The Morgan fingerprint density at radius 1 is 1.11 bits per heavy atom. The molecule has 6 heteroatoms. The number of hydrogen-bond donors (Lipinski definition) is 1. The molecule has 3 nitrogen and oxygen atoms in total. The van der Waals surface area contributed by atoms with Crippen molar-refractivity contribution in [3.63, 3.8) is 0 Å². The molecule has 2 rings (SSSR count). The lowest BCUT2D eigenvalue weighted by molar-refractivity contribution is -0.182. The molecule has 0 unspecified atom stereocenters. The summed E-state index contributed by atoms with van der Waals surface area (Å²) in [6.45, 7) is 0.596. The smallest absolute Gasteiger partial charge is 0.368 e. The second kappa shape index (κ2) is 5.47. The minimum atomic E-state index is -4.09. The predicted octanol–water partition coefficient (Wildman–Crippen LogP) is 2.40. The zero-order valence-corrected chi connectivity index (χ0v) is 10.1. The molecule has 104 valence electrons. The van der Waals surface area contributed by atoms with Crippen LogP contribution in [0, 0.1) is 5.92 Å². The third kappa shape index (κ3) is 3.37. The topological polar surface area (TPSA) is 38.3 Å². The van der Waals surface area contributed by atoms with Gasteiger partial charge in [-0.2, -0.15) is 13.2 Å². The van der Waals surface area contributed by atoms with E-state index < -0.39 is 18.2 Å². The third-order valence-corrected chi connectivity index (χ3v) is 3.76. The van der Waals surface area contributed by atoms with Gasteiger partial charge >= 0.3 is 6.18 Å². The first-order valence-corrected chi connectivity index (χ1v) is 6.45. The van der Waals surface area contributed by atoms with E-state index in [1.54, 1.807) is 0 Å². The maximum atomic E-state index is 12.5. The molecule has 1 amide bonds. The first-order chi connectivity index (χ1) is 8.47. The Balaban J connectivity index is 1.75. The molecule has 0 bridgehead atoms. The van der Waals surface area contributed by atoms with Crippen molar-refractivity contribution < 1.29 is 22.7 Å². The van der Waals surface area contributed by atoms with Gasteiger partial charge in [-0.15, -0.1) is 0 Å². The van der Waals surface area contributed by atoms with Crippen molar-refractivity contribution in [3.8, 4) is 0 Å². The van der Waals surface area contributed by atoms with Crippen LogP contribution >= 0.6 is 0 Å². The molecule has 2 aliphatic rings. The van der Waals surface area contributed by atoms with Crippen LogP contribution in [0.3, 0.4) is 0 Å². The van der Waals surface area contributed by atoms with E-state index in [9.17, 15) is 18.0 Å². The van der Waals surface area contributed by atoms with E-state index >= 15 is 0 Å². The first-order valence-electron chi connectivity index (χ1n) is 6.45. The van der Waals surface area contributed by atoms with Gasteiger partial charge in [0.15, 0.2) is 0 Å². The Morgan fingerprint density at radius 2 is 1.78 bits per heavy atom. The number of ether oxygens (including phenoxy) is 1. The van der Waals surface area contributed by atoms with Crippen LogP contribution in [-0.4, -0.2) is 30.8 Å². The Kier molecular flexibility index (Phi) is 4.14. The van der Waals surface area contributed by atoms with Gasteiger partial charge in [-0.1, -0.05) is 0 Å². The molecule has 0 spiro atoms. The van der Waals surface area contributed by atoms with Crippen LogP contribution in [0.5, 0.6) is 0 Å². The Bertz CT molecular complexity index is 292. The van der Waals surface area contributed by atoms with Crippen molar-refractivity contribution >= 4 is 5.91 Å². The summed E-state index contributed by atoms with van der Waals surface area (Å²) in [5, 5.41) is 2.80. The molecule has 0 aromatic heterocycles. The number of nitrogens with one attached hydrogen (secondary N) is 1. The van der Waals surface area contributed by atoms with Gasteiger partial charge < -0.3 is 10.1 Å². The molecule has 0 radical (unpaired) electrons. The number of alkyl halides is 3. The van der Waals surface area contributed by atoms with Crippen molar-refractivity contribution in [2.75, 3.05) is 6.61 Å². The van der Waals surface area contributed by atoms with Gasteiger partial charge in [0.1, 0.15) is 6.10 Å². The monoisotopic (exact) mass is 265 g/mol. The fraction of sp³-hybridized carbons (Fsp3) is 0.917. The fourth-order valence-electron chi connectivity index (χ4n) is 2.64. The van der Waals surface area contributed by atoms with E-state index in [0.717, 1.165) is 6.42 Å². The number of carbonyl (C=O) groups excluding carboxylic acids is 1. The number of amides is 1. The minimum absolute atomic E-state index is 0.111. The SMILES string of the molecule is O=C(NC1CCC(C(F)(F)F)CC1)[C@@H]1CCCO1. The minimum Gasteiger partial charge on any atom is -0.368 e. The summed E-state index contributed by atoms with van der Waals surface area (Å²) in [5.41, 5.74) is 0. The van der Waals surface area contributed by atoms with E-state index in [2.05, 4.69) is 5.32 Å². The average Bonchev–Trinajstić information content (AvgIpc) is 2.82. The molecule has 1 aliphatic carbocycles. The van der Waals surface area contributed by atoms with Crippen molar-refractivity contribution in [1.82, 2.24) is 5.32 Å². The Labute approximate surface area is 104 Å². The van der Waals surface area contributed by atoms with Crippen LogP contribution in [0.2, 0.25) is 0 Å². The third-order valence-electron chi connectivity index (χ3n) is 3.76. The highest BCUT2D eigenvalue weighted by Crippen LogP contribution is 2.37. The van der Waals surface area contributed by atoms with E-state index in [0.29, 0.717) is 25.9 Å². The van der Waals surface area contributed by atoms with Crippen molar-refractivity contribution in [2.24, 2.45) is 5.92 Å². The normalized spacial score (nSPS) is 33.4. The molecule has 18 heavy (non-hydrogen) atoms. The van der Waals surface area contributed by atoms with Crippen molar-refractivity contribution in [1.29, 1.82) is 0 Å². The zero-order valence-electron chi connectivity index (χ0n) is 10.1. The summed E-state index contributed by atoms with van der Waals surface area (Å²) >= 11 is 0. The van der Waals surface area contributed by atoms with Crippen LogP contribution in [0.4, 0.5) is 13.2 Å². The van der Waals surface area contributed by atoms with Gasteiger partial charge in [0.25, 0.3) is 0 Å². The lowest BCUT2D eigenvalue weighted by Crippen LogP contribution is -2.44. The van der Waals surface area contributed by atoms with E-state index in [1.165, 1.54) is 0 Å². The van der Waals surface area contributed by atoms with Gasteiger partial charge in [-0.05, 0) is 38.5 Å². The van der Waals surface area contributed by atoms with Crippen LogP contribution < -0.4 is 5.32 Å². The summed E-state index contributed by atoms with van der Waals surface area (Å²) in [6, 6.07) is -0.125. The lowest BCUT2D eigenvalue weighted by Gasteiger charge is -2.30. The van der Waals surface area contributed by atoms with Crippen LogP contribution in [-0.2, 0) is 9.53 Å². The number of hydrogen-bond acceptors (Lipinski definition) is 2. The Hall–Kier alpha value is -0.780. The highest BCUT2D eigenvalue weighted by molar-refractivity contribution is 5.81. The molecule has 1 aliphatic heterocycles. The number of rotatable bonds is 2. The summed E-state index contributed by atoms with van der Waals surface area (Å²) in [6.07, 6.45) is -1.87. The molecule has 1 heterocycles. The van der Waals surface area contributed by atoms with Gasteiger partial charge in [-0.3, -0.25) is 4.79 Å². The first kappa shape index (κ1) is 13.6. The van der Waals surface area contributed by atoms with E-state index in [1.807, 2.05) is 0 Å². The molecule has 0 aromatic carbocycles. The van der Waals surface area contributed by atoms with Gasteiger partial charge in [0.05, 0.1) is 5.92 Å².